The molecule has 6 aromatic rings. The molecule has 0 spiro atoms. The van der Waals surface area contributed by atoms with Crippen molar-refractivity contribution in [3.05, 3.63) is 109 Å². The number of fused-ring (bicyclic) bond motifs is 2. The van der Waals surface area contributed by atoms with Crippen molar-refractivity contribution in [3.8, 4) is 33.5 Å². The minimum atomic E-state index is 0.589. The van der Waals surface area contributed by atoms with Crippen molar-refractivity contribution in [2.75, 3.05) is 26.3 Å². The molecule has 7 heteroatoms. The van der Waals surface area contributed by atoms with E-state index in [2.05, 4.69) is 117 Å². The largest absolute Gasteiger partial charge is 0.381 e. The maximum Gasteiger partial charge on any atom is 0.100 e. The quantitative estimate of drug-likeness (QED) is 0.165. The molecule has 2 aromatic carbocycles. The van der Waals surface area contributed by atoms with Gasteiger partial charge < -0.3 is 24.2 Å². The van der Waals surface area contributed by atoms with E-state index in [0.717, 1.165) is 74.5 Å². The average Bonchev–Trinajstić information content (AvgIpc) is 3.74. The van der Waals surface area contributed by atoms with Gasteiger partial charge in [-0.1, -0.05) is 80.6 Å². The Labute approximate surface area is 265 Å². The Morgan fingerprint density at radius 1 is 0.756 bits per heavy atom. The molecule has 230 valence electrons. The van der Waals surface area contributed by atoms with Crippen LogP contribution in [-0.2, 0) is 17.8 Å². The Balaban J connectivity index is 1.20. The first kappa shape index (κ1) is 29.4. The van der Waals surface area contributed by atoms with Crippen LogP contribution in [0.2, 0.25) is 0 Å². The van der Waals surface area contributed by atoms with E-state index >= 15 is 0 Å². The van der Waals surface area contributed by atoms with Crippen molar-refractivity contribution < 1.29 is 4.74 Å². The molecule has 1 aliphatic rings. The van der Waals surface area contributed by atoms with E-state index in [1.807, 2.05) is 18.9 Å². The summed E-state index contributed by atoms with van der Waals surface area (Å²) >= 11 is 0. The number of nitrogens with one attached hydrogen (secondary N) is 2. The molecule has 0 radical (unpaired) electrons. The van der Waals surface area contributed by atoms with Crippen LogP contribution >= 0.6 is 0 Å². The molecule has 0 amide bonds. The van der Waals surface area contributed by atoms with Crippen molar-refractivity contribution in [2.24, 2.45) is 11.8 Å². The highest BCUT2D eigenvalue weighted by molar-refractivity contribution is 5.82. The van der Waals surface area contributed by atoms with E-state index in [1.165, 1.54) is 33.6 Å². The number of nitrogens with zero attached hydrogens (tertiary/aromatic N) is 4. The molecule has 1 saturated heterocycles. The Kier molecular flexibility index (Phi) is 8.74. The highest BCUT2D eigenvalue weighted by atomic mass is 16.5. The van der Waals surface area contributed by atoms with Crippen LogP contribution in [0.5, 0.6) is 0 Å². The van der Waals surface area contributed by atoms with Crippen molar-refractivity contribution in [1.82, 2.24) is 29.4 Å². The predicted molar refractivity (Wildman–Crippen MR) is 182 cm³/mol. The molecule has 4 aromatic heterocycles. The summed E-state index contributed by atoms with van der Waals surface area (Å²) in [6.07, 6.45) is 8.07. The zero-order chi connectivity index (χ0) is 30.6. The third-order valence-corrected chi connectivity index (χ3v) is 8.97. The van der Waals surface area contributed by atoms with E-state index in [9.17, 15) is 0 Å². The zero-order valence-corrected chi connectivity index (χ0v) is 26.2. The molecule has 1 aliphatic heterocycles. The standard InChI is InChI=1S/C38H42N6O/c1-27(2)20-39-23-36-33(13-12-32-22-41-25-43(32)36)30-8-10-31(11-9-30)38-35-15-14-34(29-6-4-3-5-7-29)37(44(35)26-42-38)24-40-21-28-16-18-45-19-17-28/h3-15,22,25-28,39-40H,16-21,23-24H2,1-2H3. The molecule has 45 heavy (non-hydrogen) atoms. The van der Waals surface area contributed by atoms with Gasteiger partial charge in [0.25, 0.3) is 0 Å². The van der Waals surface area contributed by atoms with Gasteiger partial charge in [-0.3, -0.25) is 0 Å². The molecule has 7 rings (SSSR count). The molecule has 0 aliphatic carbocycles. The zero-order valence-electron chi connectivity index (χ0n) is 26.2. The number of imidazole rings is 2. The minimum Gasteiger partial charge on any atom is -0.381 e. The first-order valence-corrected chi connectivity index (χ1v) is 16.2. The second-order valence-corrected chi connectivity index (χ2v) is 12.6. The Hall–Kier alpha value is -4.30. The second kappa shape index (κ2) is 13.4. The molecule has 0 saturated carbocycles. The van der Waals surface area contributed by atoms with Crippen LogP contribution in [0.1, 0.15) is 38.1 Å². The van der Waals surface area contributed by atoms with Gasteiger partial charge in [0, 0.05) is 54.4 Å². The van der Waals surface area contributed by atoms with Crippen molar-refractivity contribution in [1.29, 1.82) is 0 Å². The lowest BCUT2D eigenvalue weighted by molar-refractivity contribution is 0.0662. The van der Waals surface area contributed by atoms with Gasteiger partial charge in [-0.2, -0.15) is 0 Å². The number of aromatic nitrogens is 4. The Morgan fingerprint density at radius 2 is 1.44 bits per heavy atom. The Morgan fingerprint density at radius 3 is 2.22 bits per heavy atom. The topological polar surface area (TPSA) is 67.9 Å². The van der Waals surface area contributed by atoms with E-state index in [4.69, 9.17) is 9.72 Å². The lowest BCUT2D eigenvalue weighted by Gasteiger charge is -2.23. The van der Waals surface area contributed by atoms with Crippen LogP contribution in [0.15, 0.2) is 97.7 Å². The summed E-state index contributed by atoms with van der Waals surface area (Å²) in [5.41, 5.74) is 11.6. The normalized spacial score (nSPS) is 14.2. The van der Waals surface area contributed by atoms with E-state index < -0.39 is 0 Å². The number of hydrogen-bond acceptors (Lipinski definition) is 5. The smallest absolute Gasteiger partial charge is 0.100 e. The molecule has 0 unspecified atom stereocenters. The molecular weight excluding hydrogens is 556 g/mol. The summed E-state index contributed by atoms with van der Waals surface area (Å²) < 4.78 is 10.0. The van der Waals surface area contributed by atoms with E-state index in [0.29, 0.717) is 11.8 Å². The molecule has 1 fully saturated rings. The lowest BCUT2D eigenvalue weighted by atomic mass is 9.99. The van der Waals surface area contributed by atoms with Crippen molar-refractivity contribution >= 4 is 11.0 Å². The van der Waals surface area contributed by atoms with Crippen molar-refractivity contribution in [2.45, 2.75) is 39.8 Å². The molecule has 5 heterocycles. The monoisotopic (exact) mass is 598 g/mol. The lowest BCUT2D eigenvalue weighted by Crippen LogP contribution is -2.28. The third-order valence-electron chi connectivity index (χ3n) is 8.97. The van der Waals surface area contributed by atoms with Gasteiger partial charge in [0.1, 0.15) is 6.33 Å². The van der Waals surface area contributed by atoms with Crippen LogP contribution in [0.3, 0.4) is 0 Å². The predicted octanol–water partition coefficient (Wildman–Crippen LogP) is 7.24. The van der Waals surface area contributed by atoms with Gasteiger partial charge in [-0.05, 0) is 61.0 Å². The maximum absolute atomic E-state index is 5.57. The number of hydrogen-bond donors (Lipinski definition) is 2. The minimum absolute atomic E-state index is 0.589. The maximum atomic E-state index is 5.57. The van der Waals surface area contributed by atoms with E-state index in [1.54, 1.807) is 0 Å². The highest BCUT2D eigenvalue weighted by Crippen LogP contribution is 2.32. The van der Waals surface area contributed by atoms with Gasteiger partial charge in [-0.25, -0.2) is 9.97 Å². The van der Waals surface area contributed by atoms with Crippen molar-refractivity contribution in [3.63, 3.8) is 0 Å². The van der Waals surface area contributed by atoms with Gasteiger partial charge >= 0.3 is 0 Å². The summed E-state index contributed by atoms with van der Waals surface area (Å²) in [5, 5.41) is 7.40. The van der Waals surface area contributed by atoms with E-state index in [-0.39, 0.29) is 0 Å². The fourth-order valence-electron chi connectivity index (χ4n) is 6.53. The fraction of sp³-hybridized carbons (Fsp3) is 0.316. The van der Waals surface area contributed by atoms with Crippen LogP contribution < -0.4 is 10.6 Å². The number of rotatable bonds is 11. The van der Waals surface area contributed by atoms with Crippen LogP contribution in [-0.4, -0.2) is 45.1 Å². The summed E-state index contributed by atoms with van der Waals surface area (Å²) in [6, 6.07) is 28.3. The van der Waals surface area contributed by atoms with Crippen LogP contribution in [0, 0.1) is 11.8 Å². The summed E-state index contributed by atoms with van der Waals surface area (Å²) in [7, 11) is 0. The molecule has 0 atom stereocenters. The first-order chi connectivity index (χ1) is 22.2. The SMILES string of the molecule is CC(C)CNCc1c(-c2ccc(-c3ncn4c(CNCC5CCOCC5)c(-c5ccccc5)ccc34)cc2)ccc2cncn12. The molecular formula is C38H42N6O. The number of benzene rings is 2. The summed E-state index contributed by atoms with van der Waals surface area (Å²) in [5.74, 6) is 1.25. The first-order valence-electron chi connectivity index (χ1n) is 16.2. The van der Waals surface area contributed by atoms with Gasteiger partial charge in [0.05, 0.1) is 29.3 Å². The second-order valence-electron chi connectivity index (χ2n) is 12.6. The van der Waals surface area contributed by atoms with Crippen LogP contribution in [0.25, 0.3) is 44.5 Å². The average molecular weight is 599 g/mol. The van der Waals surface area contributed by atoms with Crippen LogP contribution in [0.4, 0.5) is 0 Å². The third kappa shape index (κ3) is 6.29. The van der Waals surface area contributed by atoms with Gasteiger partial charge in [0.2, 0.25) is 0 Å². The summed E-state index contributed by atoms with van der Waals surface area (Å²) in [6.45, 7) is 9.73. The van der Waals surface area contributed by atoms with Gasteiger partial charge in [0.15, 0.2) is 0 Å². The number of ether oxygens (including phenoxy) is 1. The number of pyridine rings is 2. The molecule has 2 N–H and O–H groups in total. The highest BCUT2D eigenvalue weighted by Gasteiger charge is 2.17. The summed E-state index contributed by atoms with van der Waals surface area (Å²) in [4.78, 5) is 9.37. The fourth-order valence-corrected chi connectivity index (χ4v) is 6.53. The molecule has 0 bridgehead atoms. The van der Waals surface area contributed by atoms with Gasteiger partial charge in [-0.15, -0.1) is 0 Å². The Bertz CT molecular complexity index is 1870. The molecule has 7 nitrogen and oxygen atoms in total.